The first-order valence-corrected chi connectivity index (χ1v) is 5.31. The lowest BCUT2D eigenvalue weighted by molar-refractivity contribution is -0.132. The Morgan fingerprint density at radius 1 is 1.40 bits per heavy atom. The minimum atomic E-state index is -0.820. The molecule has 1 fully saturated rings. The summed E-state index contributed by atoms with van der Waals surface area (Å²) >= 11 is 0. The largest absolute Gasteiger partial charge is 0.499 e. The van der Waals surface area contributed by atoms with Gasteiger partial charge < -0.3 is 9.84 Å². The number of ether oxygens (including phenoxy) is 1. The summed E-state index contributed by atoms with van der Waals surface area (Å²) in [5.74, 6) is -0.426. The fourth-order valence-corrected chi connectivity index (χ4v) is 1.95. The van der Waals surface area contributed by atoms with Crippen LogP contribution in [0.1, 0.15) is 32.6 Å². The molecule has 0 saturated heterocycles. The van der Waals surface area contributed by atoms with Crippen LogP contribution in [0.15, 0.2) is 24.5 Å². The van der Waals surface area contributed by atoms with Gasteiger partial charge in [0.1, 0.15) is 0 Å². The highest BCUT2D eigenvalue weighted by molar-refractivity contribution is 5.85. The SMILES string of the molecule is C=COC1CCC(C=C(C)C(=O)O)CC1. The topological polar surface area (TPSA) is 46.5 Å². The van der Waals surface area contributed by atoms with Crippen LogP contribution in [0.3, 0.4) is 0 Å². The Bertz CT molecular complexity index is 260. The molecule has 3 heteroatoms. The lowest BCUT2D eigenvalue weighted by atomic mass is 9.86. The molecule has 0 bridgehead atoms. The summed E-state index contributed by atoms with van der Waals surface area (Å²) in [5.41, 5.74) is 0.447. The minimum Gasteiger partial charge on any atom is -0.499 e. The van der Waals surface area contributed by atoms with Crippen molar-refractivity contribution in [3.63, 3.8) is 0 Å². The van der Waals surface area contributed by atoms with E-state index in [0.717, 1.165) is 25.7 Å². The predicted octanol–water partition coefficient (Wildman–Crippen LogP) is 2.74. The standard InChI is InChI=1S/C12H18O3/c1-3-15-11-6-4-10(5-7-11)8-9(2)12(13)14/h3,8,10-11H,1,4-7H2,2H3,(H,13,14). The number of rotatable bonds is 4. The molecule has 1 rings (SSSR count). The molecule has 1 N–H and O–H groups in total. The van der Waals surface area contributed by atoms with E-state index in [-0.39, 0.29) is 6.10 Å². The zero-order valence-electron chi connectivity index (χ0n) is 9.11. The van der Waals surface area contributed by atoms with Crippen LogP contribution in [0, 0.1) is 5.92 Å². The molecule has 0 heterocycles. The van der Waals surface area contributed by atoms with Crippen molar-refractivity contribution in [2.45, 2.75) is 38.7 Å². The number of aliphatic carboxylic acids is 1. The maximum atomic E-state index is 10.6. The van der Waals surface area contributed by atoms with E-state index in [1.165, 1.54) is 6.26 Å². The van der Waals surface area contributed by atoms with E-state index in [1.54, 1.807) is 6.92 Å². The molecule has 1 saturated carbocycles. The lowest BCUT2D eigenvalue weighted by Crippen LogP contribution is -2.19. The molecule has 3 nitrogen and oxygen atoms in total. The number of allylic oxidation sites excluding steroid dienone is 1. The molecule has 0 radical (unpaired) electrons. The van der Waals surface area contributed by atoms with Crippen molar-refractivity contribution in [2.75, 3.05) is 0 Å². The van der Waals surface area contributed by atoms with Crippen LogP contribution in [-0.2, 0) is 9.53 Å². The molecular formula is C12H18O3. The molecule has 0 amide bonds. The Balaban J connectivity index is 2.40. The van der Waals surface area contributed by atoms with Gasteiger partial charge in [-0.15, -0.1) is 0 Å². The van der Waals surface area contributed by atoms with Crippen molar-refractivity contribution in [3.05, 3.63) is 24.5 Å². The first-order valence-electron chi connectivity index (χ1n) is 5.31. The third-order valence-electron chi connectivity index (χ3n) is 2.83. The summed E-state index contributed by atoms with van der Waals surface area (Å²) in [6.07, 6.45) is 7.61. The second-order valence-corrected chi connectivity index (χ2v) is 3.99. The van der Waals surface area contributed by atoms with Crippen LogP contribution >= 0.6 is 0 Å². The monoisotopic (exact) mass is 210 g/mol. The summed E-state index contributed by atoms with van der Waals surface area (Å²) in [6, 6.07) is 0. The van der Waals surface area contributed by atoms with Gasteiger partial charge >= 0.3 is 5.97 Å². The highest BCUT2D eigenvalue weighted by Crippen LogP contribution is 2.27. The molecule has 0 aliphatic heterocycles. The number of carboxylic acids is 1. The molecule has 1 aliphatic carbocycles. The van der Waals surface area contributed by atoms with Crippen molar-refractivity contribution >= 4 is 5.97 Å². The number of carboxylic acid groups (broad SMARTS) is 1. The summed E-state index contributed by atoms with van der Waals surface area (Å²) in [6.45, 7) is 5.18. The first kappa shape index (κ1) is 11.8. The second-order valence-electron chi connectivity index (χ2n) is 3.99. The van der Waals surface area contributed by atoms with Crippen LogP contribution in [-0.4, -0.2) is 17.2 Å². The zero-order chi connectivity index (χ0) is 11.3. The number of hydrogen-bond donors (Lipinski definition) is 1. The fraction of sp³-hybridized carbons (Fsp3) is 0.583. The number of carbonyl (C=O) groups is 1. The highest BCUT2D eigenvalue weighted by Gasteiger charge is 2.20. The van der Waals surface area contributed by atoms with Crippen molar-refractivity contribution in [2.24, 2.45) is 5.92 Å². The smallest absolute Gasteiger partial charge is 0.330 e. The average Bonchev–Trinajstić information content (AvgIpc) is 2.21. The Morgan fingerprint density at radius 2 is 2.00 bits per heavy atom. The normalized spacial score (nSPS) is 27.1. The summed E-state index contributed by atoms with van der Waals surface area (Å²) < 4.78 is 5.31. The molecule has 84 valence electrons. The zero-order valence-corrected chi connectivity index (χ0v) is 9.11. The fourth-order valence-electron chi connectivity index (χ4n) is 1.95. The van der Waals surface area contributed by atoms with Crippen LogP contribution in [0.4, 0.5) is 0 Å². The van der Waals surface area contributed by atoms with Crippen LogP contribution in [0.25, 0.3) is 0 Å². The summed E-state index contributed by atoms with van der Waals surface area (Å²) in [4.78, 5) is 10.6. The molecule has 1 aliphatic rings. The van der Waals surface area contributed by atoms with Gasteiger partial charge in [-0.05, 0) is 38.5 Å². The van der Waals surface area contributed by atoms with Gasteiger partial charge in [-0.1, -0.05) is 12.7 Å². The molecular weight excluding hydrogens is 192 g/mol. The van der Waals surface area contributed by atoms with Gasteiger partial charge in [-0.25, -0.2) is 4.79 Å². The van der Waals surface area contributed by atoms with Gasteiger partial charge in [0.15, 0.2) is 0 Å². The van der Waals surface area contributed by atoms with Crippen molar-refractivity contribution < 1.29 is 14.6 Å². The molecule has 0 unspecified atom stereocenters. The molecule has 0 atom stereocenters. The highest BCUT2D eigenvalue weighted by atomic mass is 16.5. The number of hydrogen-bond acceptors (Lipinski definition) is 2. The molecule has 0 spiro atoms. The predicted molar refractivity (Wildman–Crippen MR) is 58.4 cm³/mol. The van der Waals surface area contributed by atoms with E-state index in [4.69, 9.17) is 9.84 Å². The molecule has 0 aromatic carbocycles. The van der Waals surface area contributed by atoms with E-state index < -0.39 is 5.97 Å². The maximum absolute atomic E-state index is 10.6. The Kier molecular flexibility index (Phi) is 4.40. The van der Waals surface area contributed by atoms with Gasteiger partial charge in [-0.2, -0.15) is 0 Å². The van der Waals surface area contributed by atoms with E-state index >= 15 is 0 Å². The average molecular weight is 210 g/mol. The van der Waals surface area contributed by atoms with Gasteiger partial charge in [0.05, 0.1) is 12.4 Å². The molecule has 0 aromatic rings. The molecule has 15 heavy (non-hydrogen) atoms. The van der Waals surface area contributed by atoms with Crippen molar-refractivity contribution in [1.29, 1.82) is 0 Å². The van der Waals surface area contributed by atoms with E-state index in [2.05, 4.69) is 6.58 Å². The van der Waals surface area contributed by atoms with Gasteiger partial charge in [0.2, 0.25) is 0 Å². The summed E-state index contributed by atoms with van der Waals surface area (Å²) in [5, 5.41) is 8.74. The lowest BCUT2D eigenvalue weighted by Gasteiger charge is -2.26. The third-order valence-corrected chi connectivity index (χ3v) is 2.83. The quantitative estimate of drug-likeness (QED) is 0.573. The van der Waals surface area contributed by atoms with Crippen LogP contribution < -0.4 is 0 Å². The van der Waals surface area contributed by atoms with Gasteiger partial charge in [0.25, 0.3) is 0 Å². The third kappa shape index (κ3) is 3.78. The summed E-state index contributed by atoms with van der Waals surface area (Å²) in [7, 11) is 0. The Hall–Kier alpha value is -1.25. The second kappa shape index (κ2) is 5.59. The van der Waals surface area contributed by atoms with Crippen LogP contribution in [0.5, 0.6) is 0 Å². The van der Waals surface area contributed by atoms with Gasteiger partial charge in [-0.3, -0.25) is 0 Å². The molecule has 0 aromatic heterocycles. The Morgan fingerprint density at radius 3 is 2.47 bits per heavy atom. The first-order chi connectivity index (χ1) is 7.13. The van der Waals surface area contributed by atoms with E-state index in [0.29, 0.717) is 11.5 Å². The van der Waals surface area contributed by atoms with Gasteiger partial charge in [0, 0.05) is 5.57 Å². The maximum Gasteiger partial charge on any atom is 0.330 e. The minimum absolute atomic E-state index is 0.275. The van der Waals surface area contributed by atoms with Crippen molar-refractivity contribution in [3.8, 4) is 0 Å². The van der Waals surface area contributed by atoms with E-state index in [9.17, 15) is 4.79 Å². The van der Waals surface area contributed by atoms with Crippen LogP contribution in [0.2, 0.25) is 0 Å². The van der Waals surface area contributed by atoms with E-state index in [1.807, 2.05) is 6.08 Å². The van der Waals surface area contributed by atoms with Crippen molar-refractivity contribution in [1.82, 2.24) is 0 Å². The Labute approximate surface area is 90.4 Å².